The minimum absolute atomic E-state index is 0.121. The first-order valence-corrected chi connectivity index (χ1v) is 10.8. The topological polar surface area (TPSA) is 189 Å². The first-order valence-electron chi connectivity index (χ1n) is 10.8. The highest BCUT2D eigenvalue weighted by Gasteiger charge is 2.54. The highest BCUT2D eigenvalue weighted by atomic mass is 16.2. The SMILES string of the molecule is CC1CN(C)C(=O)N(C2CN(C3CN(C)C(=O)NC3=O)C(=O)N(C3CNC(=O)NC3=O)C2=O)C1=O. The monoisotopic (exact) mass is 492 g/mol. The molecular weight excluding hydrogens is 468 g/mol. The van der Waals surface area contributed by atoms with Crippen molar-refractivity contribution in [2.45, 2.75) is 25.0 Å². The predicted molar refractivity (Wildman–Crippen MR) is 112 cm³/mol. The maximum atomic E-state index is 13.5. The lowest BCUT2D eigenvalue weighted by molar-refractivity contribution is -0.152. The number of likely N-dealkylation sites (N-methyl/N-ethyl adjacent to an activating group) is 1. The van der Waals surface area contributed by atoms with E-state index in [2.05, 4.69) is 10.6 Å². The fourth-order valence-electron chi connectivity index (χ4n) is 4.52. The molecule has 16 heteroatoms. The van der Waals surface area contributed by atoms with E-state index in [0.717, 1.165) is 14.7 Å². The van der Waals surface area contributed by atoms with Gasteiger partial charge in [-0.3, -0.25) is 29.8 Å². The fraction of sp³-hybridized carbons (Fsp3) is 0.579. The van der Waals surface area contributed by atoms with Gasteiger partial charge in [0.25, 0.3) is 17.7 Å². The number of carbonyl (C=O) groups excluding carboxylic acids is 8. The summed E-state index contributed by atoms with van der Waals surface area (Å²) in [6.45, 7) is 0.544. The Kier molecular flexibility index (Phi) is 5.82. The summed E-state index contributed by atoms with van der Waals surface area (Å²) in [5, 5.41) is 6.39. The first-order chi connectivity index (χ1) is 16.4. The van der Waals surface area contributed by atoms with Gasteiger partial charge in [0.2, 0.25) is 5.91 Å². The van der Waals surface area contributed by atoms with Crippen molar-refractivity contribution in [3.8, 4) is 0 Å². The molecule has 0 radical (unpaired) electrons. The first kappa shape index (κ1) is 23.9. The summed E-state index contributed by atoms with van der Waals surface area (Å²) in [6, 6.07) is -7.62. The molecule has 0 aromatic rings. The van der Waals surface area contributed by atoms with Gasteiger partial charge < -0.3 is 20.0 Å². The Labute approximate surface area is 198 Å². The van der Waals surface area contributed by atoms with Gasteiger partial charge in [-0.2, -0.15) is 0 Å². The van der Waals surface area contributed by atoms with Crippen molar-refractivity contribution in [2.75, 3.05) is 40.3 Å². The molecule has 16 nitrogen and oxygen atoms in total. The van der Waals surface area contributed by atoms with Crippen LogP contribution in [0.15, 0.2) is 0 Å². The summed E-state index contributed by atoms with van der Waals surface area (Å²) >= 11 is 0. The maximum Gasteiger partial charge on any atom is 0.328 e. The number of carbonyl (C=O) groups is 8. The smallest absolute Gasteiger partial charge is 0.328 e. The second kappa shape index (κ2) is 8.52. The average Bonchev–Trinajstić information content (AvgIpc) is 2.78. The van der Waals surface area contributed by atoms with Crippen LogP contribution in [-0.2, 0) is 19.2 Å². The number of amides is 12. The number of hydrogen-bond acceptors (Lipinski definition) is 8. The van der Waals surface area contributed by atoms with E-state index < -0.39 is 84.9 Å². The van der Waals surface area contributed by atoms with E-state index in [1.54, 1.807) is 6.92 Å². The molecule has 0 saturated carbocycles. The zero-order chi connectivity index (χ0) is 25.8. The van der Waals surface area contributed by atoms with Crippen LogP contribution < -0.4 is 16.0 Å². The lowest BCUT2D eigenvalue weighted by Gasteiger charge is -2.49. The standard InChI is InChI=1S/C19H24N8O8/c1-8-5-24(3)18(34)27(14(8)30)11-7-25(10-6-23(2)17(33)22-13(10)29)19(35)26(15(11)31)9-4-20-16(32)21-12(9)28/h8-11H,4-7H2,1-3H3,(H,22,29,33)(H2,20,21,28,32). The number of hydrogen-bond donors (Lipinski definition) is 3. The van der Waals surface area contributed by atoms with Crippen molar-refractivity contribution < 1.29 is 38.4 Å². The van der Waals surface area contributed by atoms with Gasteiger partial charge in [-0.05, 0) is 0 Å². The van der Waals surface area contributed by atoms with E-state index >= 15 is 0 Å². The van der Waals surface area contributed by atoms with Crippen LogP contribution in [0.4, 0.5) is 19.2 Å². The Morgan fingerprint density at radius 1 is 0.686 bits per heavy atom. The van der Waals surface area contributed by atoms with Gasteiger partial charge in [0.1, 0.15) is 18.1 Å². The van der Waals surface area contributed by atoms with Crippen LogP contribution in [0.5, 0.6) is 0 Å². The molecule has 0 aromatic heterocycles. The van der Waals surface area contributed by atoms with Gasteiger partial charge in [-0.25, -0.2) is 29.0 Å². The highest BCUT2D eigenvalue weighted by Crippen LogP contribution is 2.26. The van der Waals surface area contributed by atoms with Crippen LogP contribution in [0.1, 0.15) is 6.92 Å². The van der Waals surface area contributed by atoms with Gasteiger partial charge in [-0.1, -0.05) is 6.92 Å². The average molecular weight is 492 g/mol. The molecule has 4 saturated heterocycles. The second-order valence-electron chi connectivity index (χ2n) is 8.84. The van der Waals surface area contributed by atoms with Crippen molar-refractivity contribution in [2.24, 2.45) is 5.92 Å². The molecule has 4 aliphatic heterocycles. The van der Waals surface area contributed by atoms with Crippen LogP contribution in [-0.4, -0.2) is 131 Å². The van der Waals surface area contributed by atoms with E-state index in [0.29, 0.717) is 4.90 Å². The third-order valence-electron chi connectivity index (χ3n) is 6.40. The van der Waals surface area contributed by atoms with Gasteiger partial charge in [0.05, 0.1) is 19.0 Å². The summed E-state index contributed by atoms with van der Waals surface area (Å²) in [5.41, 5.74) is 0. The molecule has 0 spiro atoms. The largest absolute Gasteiger partial charge is 0.335 e. The molecule has 4 rings (SSSR count). The van der Waals surface area contributed by atoms with E-state index in [9.17, 15) is 38.4 Å². The number of rotatable bonds is 3. The van der Waals surface area contributed by atoms with Crippen molar-refractivity contribution in [1.29, 1.82) is 0 Å². The Morgan fingerprint density at radius 2 is 1.31 bits per heavy atom. The van der Waals surface area contributed by atoms with Crippen LogP contribution in [0.25, 0.3) is 0 Å². The molecular formula is C19H24N8O8. The predicted octanol–water partition coefficient (Wildman–Crippen LogP) is -3.09. The number of imide groups is 4. The summed E-state index contributed by atoms with van der Waals surface area (Å²) in [7, 11) is 2.84. The molecule has 188 valence electrons. The van der Waals surface area contributed by atoms with Crippen molar-refractivity contribution in [3.05, 3.63) is 0 Å². The lowest BCUT2D eigenvalue weighted by atomic mass is 10.0. The maximum absolute atomic E-state index is 13.5. The summed E-state index contributed by atoms with van der Waals surface area (Å²) in [5.74, 6) is -4.07. The third kappa shape index (κ3) is 3.89. The molecule has 0 aliphatic carbocycles. The Morgan fingerprint density at radius 3 is 1.97 bits per heavy atom. The van der Waals surface area contributed by atoms with E-state index in [1.165, 1.54) is 19.0 Å². The molecule has 4 fully saturated rings. The van der Waals surface area contributed by atoms with Crippen molar-refractivity contribution >= 4 is 47.8 Å². The number of nitrogens with one attached hydrogen (secondary N) is 3. The third-order valence-corrected chi connectivity index (χ3v) is 6.40. The Bertz CT molecular complexity index is 1040. The number of nitrogens with zero attached hydrogens (tertiary/aromatic N) is 5. The molecule has 35 heavy (non-hydrogen) atoms. The summed E-state index contributed by atoms with van der Waals surface area (Å²) < 4.78 is 0. The van der Waals surface area contributed by atoms with Gasteiger partial charge in [0.15, 0.2) is 0 Å². The summed E-state index contributed by atoms with van der Waals surface area (Å²) in [4.78, 5) is 106. The molecule has 4 atom stereocenters. The van der Waals surface area contributed by atoms with Crippen molar-refractivity contribution in [3.63, 3.8) is 0 Å². The molecule has 4 unspecified atom stereocenters. The number of urea groups is 4. The molecule has 0 aromatic carbocycles. The normalized spacial score (nSPS) is 30.5. The minimum Gasteiger partial charge on any atom is -0.335 e. The quantitative estimate of drug-likeness (QED) is 0.369. The van der Waals surface area contributed by atoms with Crippen LogP contribution >= 0.6 is 0 Å². The molecule has 0 bridgehead atoms. The van der Waals surface area contributed by atoms with E-state index in [1.807, 2.05) is 5.32 Å². The van der Waals surface area contributed by atoms with Crippen LogP contribution in [0.3, 0.4) is 0 Å². The lowest BCUT2D eigenvalue weighted by Crippen LogP contribution is -2.76. The molecule has 12 amide bonds. The van der Waals surface area contributed by atoms with Gasteiger partial charge in [-0.15, -0.1) is 0 Å². The van der Waals surface area contributed by atoms with Crippen LogP contribution in [0, 0.1) is 5.92 Å². The van der Waals surface area contributed by atoms with Gasteiger partial charge >= 0.3 is 24.1 Å². The Hall–Kier alpha value is -4.24. The van der Waals surface area contributed by atoms with E-state index in [4.69, 9.17) is 0 Å². The van der Waals surface area contributed by atoms with Crippen LogP contribution in [0.2, 0.25) is 0 Å². The molecule has 4 heterocycles. The fourth-order valence-corrected chi connectivity index (χ4v) is 4.52. The highest BCUT2D eigenvalue weighted by molar-refractivity contribution is 6.11. The minimum atomic E-state index is -1.54. The van der Waals surface area contributed by atoms with Crippen molar-refractivity contribution in [1.82, 2.24) is 40.4 Å². The zero-order valence-electron chi connectivity index (χ0n) is 19.1. The summed E-state index contributed by atoms with van der Waals surface area (Å²) in [6.07, 6.45) is 0. The Balaban J connectivity index is 1.75. The second-order valence-corrected chi connectivity index (χ2v) is 8.84. The zero-order valence-corrected chi connectivity index (χ0v) is 19.1. The van der Waals surface area contributed by atoms with E-state index in [-0.39, 0.29) is 13.1 Å². The molecule has 3 N–H and O–H groups in total. The van der Waals surface area contributed by atoms with Gasteiger partial charge in [0, 0.05) is 27.2 Å². The molecule has 4 aliphatic rings.